The molecule has 6 rings (SSSR count). The topological polar surface area (TPSA) is 80.8 Å². The highest BCUT2D eigenvalue weighted by Crippen LogP contribution is 2.56. The first-order valence-electron chi connectivity index (χ1n) is 15.5. The van der Waals surface area contributed by atoms with Crippen LogP contribution in [-0.4, -0.2) is 31.4 Å². The van der Waals surface area contributed by atoms with Crippen molar-refractivity contribution in [2.45, 2.75) is 70.6 Å². The van der Waals surface area contributed by atoms with Crippen LogP contribution < -0.4 is 4.18 Å². The highest BCUT2D eigenvalue weighted by atomic mass is 79.9. The predicted octanol–water partition coefficient (Wildman–Crippen LogP) is 8.80. The summed E-state index contributed by atoms with van der Waals surface area (Å²) in [5.74, 6) is -0.749. The number of Topliss-reactive ketones (excluding diaryl/α,β-unsaturated/α-hetero) is 2. The van der Waals surface area contributed by atoms with Crippen molar-refractivity contribution in [3.63, 3.8) is 0 Å². The van der Waals surface area contributed by atoms with E-state index in [1.807, 2.05) is 18.2 Å². The molecule has 46 heavy (non-hydrogen) atoms. The van der Waals surface area contributed by atoms with Crippen molar-refractivity contribution in [2.24, 2.45) is 10.8 Å². The monoisotopic (exact) mass is 721 g/mol. The van der Waals surface area contributed by atoms with Crippen molar-refractivity contribution in [1.82, 2.24) is 4.90 Å². The first-order chi connectivity index (χ1) is 21.6. The summed E-state index contributed by atoms with van der Waals surface area (Å²) in [7, 11) is -4.26. The largest absolute Gasteiger partial charge is 0.379 e. The number of carbonyl (C=O) groups is 2. The number of rotatable bonds is 7. The molecule has 0 saturated carbocycles. The second-order valence-corrected chi connectivity index (χ2v) is 17.0. The van der Waals surface area contributed by atoms with Crippen LogP contribution >= 0.6 is 27.5 Å². The lowest BCUT2D eigenvalue weighted by Crippen LogP contribution is -2.45. The Hall–Kier alpha value is -3.20. The molecule has 0 aromatic heterocycles. The van der Waals surface area contributed by atoms with Crippen LogP contribution in [0, 0.1) is 10.8 Å². The molecule has 3 aromatic carbocycles. The minimum Gasteiger partial charge on any atom is -0.379 e. The van der Waals surface area contributed by atoms with Gasteiger partial charge in [-0.25, -0.2) is 0 Å². The van der Waals surface area contributed by atoms with E-state index in [-0.39, 0.29) is 33.0 Å². The number of hydrogen-bond acceptors (Lipinski definition) is 6. The standard InChI is InChI=1S/C37H37BrClNO5S/c1-36(2)19-28-34(30(41)21-36)33(27-18-24(38)10-15-32(27)45-46(43,44)26-13-11-25(39)12-14-26)35-29(20-37(3,4)22-31(35)42)40(28)17-16-23-8-6-5-7-9-23/h5-15,18,33H,16-17,19-22H2,1-4H3. The second kappa shape index (κ2) is 12.1. The predicted molar refractivity (Wildman–Crippen MR) is 183 cm³/mol. The summed E-state index contributed by atoms with van der Waals surface area (Å²) in [6.07, 6.45) is 2.69. The van der Waals surface area contributed by atoms with Gasteiger partial charge in [-0.2, -0.15) is 8.42 Å². The van der Waals surface area contributed by atoms with Gasteiger partial charge in [0, 0.05) is 62.9 Å². The van der Waals surface area contributed by atoms with Crippen molar-refractivity contribution < 1.29 is 22.2 Å². The molecule has 0 amide bonds. The summed E-state index contributed by atoms with van der Waals surface area (Å²) in [4.78, 5) is 30.8. The molecular weight excluding hydrogens is 686 g/mol. The van der Waals surface area contributed by atoms with Gasteiger partial charge < -0.3 is 9.08 Å². The molecule has 3 aromatic rings. The van der Waals surface area contributed by atoms with Gasteiger partial charge in [-0.3, -0.25) is 9.59 Å². The third-order valence-corrected chi connectivity index (χ3v) is 11.1. The van der Waals surface area contributed by atoms with Crippen LogP contribution in [0.5, 0.6) is 5.75 Å². The van der Waals surface area contributed by atoms with Crippen LogP contribution in [0.3, 0.4) is 0 Å². The van der Waals surface area contributed by atoms with Gasteiger partial charge in [0.05, 0.1) is 0 Å². The molecule has 0 unspecified atom stereocenters. The Morgan fingerprint density at radius 2 is 1.39 bits per heavy atom. The van der Waals surface area contributed by atoms with E-state index in [2.05, 4.69) is 60.7 Å². The Labute approximate surface area is 284 Å². The Kier molecular flexibility index (Phi) is 8.62. The number of carbonyl (C=O) groups excluding carboxylic acids is 2. The minimum absolute atomic E-state index is 0.0309. The average Bonchev–Trinajstić information content (AvgIpc) is 2.96. The lowest BCUT2D eigenvalue weighted by Gasteiger charge is -2.49. The zero-order chi connectivity index (χ0) is 33.0. The van der Waals surface area contributed by atoms with Crippen LogP contribution in [0.1, 0.15) is 70.4 Å². The first-order valence-corrected chi connectivity index (χ1v) is 18.1. The first kappa shape index (κ1) is 32.7. The summed E-state index contributed by atoms with van der Waals surface area (Å²) >= 11 is 9.58. The van der Waals surface area contributed by atoms with Gasteiger partial charge in [-0.05, 0) is 78.1 Å². The van der Waals surface area contributed by atoms with E-state index in [4.69, 9.17) is 15.8 Å². The molecule has 0 spiro atoms. The zero-order valence-corrected chi connectivity index (χ0v) is 29.6. The summed E-state index contributed by atoms with van der Waals surface area (Å²) < 4.78 is 33.6. The van der Waals surface area contributed by atoms with E-state index in [0.29, 0.717) is 58.4 Å². The molecule has 2 aliphatic carbocycles. The van der Waals surface area contributed by atoms with E-state index >= 15 is 0 Å². The van der Waals surface area contributed by atoms with Crippen LogP contribution in [0.25, 0.3) is 0 Å². The quantitative estimate of drug-likeness (QED) is 0.227. The van der Waals surface area contributed by atoms with Gasteiger partial charge in [0.25, 0.3) is 0 Å². The maximum Gasteiger partial charge on any atom is 0.339 e. The molecule has 0 saturated heterocycles. The van der Waals surface area contributed by atoms with Crippen LogP contribution in [0.2, 0.25) is 5.02 Å². The molecule has 9 heteroatoms. The molecule has 3 aliphatic rings. The minimum atomic E-state index is -4.26. The van der Waals surface area contributed by atoms with Crippen molar-refractivity contribution in [1.29, 1.82) is 0 Å². The van der Waals surface area contributed by atoms with Gasteiger partial charge in [-0.15, -0.1) is 0 Å². The molecule has 6 nitrogen and oxygen atoms in total. The fraction of sp³-hybridized carbons (Fsp3) is 0.351. The summed E-state index contributed by atoms with van der Waals surface area (Å²) in [6.45, 7) is 9.03. The second-order valence-electron chi connectivity index (χ2n) is 14.1. The van der Waals surface area contributed by atoms with E-state index in [1.165, 1.54) is 29.8 Å². The van der Waals surface area contributed by atoms with E-state index < -0.39 is 16.0 Å². The number of halogens is 2. The van der Waals surface area contributed by atoms with E-state index in [1.54, 1.807) is 18.2 Å². The third kappa shape index (κ3) is 6.49. The molecule has 0 fully saturated rings. The van der Waals surface area contributed by atoms with Crippen LogP contribution in [0.15, 0.2) is 105 Å². The van der Waals surface area contributed by atoms with Crippen molar-refractivity contribution in [3.05, 3.63) is 116 Å². The van der Waals surface area contributed by atoms with Gasteiger partial charge in [-0.1, -0.05) is 85.6 Å². The van der Waals surface area contributed by atoms with Crippen molar-refractivity contribution in [2.75, 3.05) is 6.54 Å². The number of nitrogens with zero attached hydrogens (tertiary/aromatic N) is 1. The Morgan fingerprint density at radius 3 is 1.96 bits per heavy atom. The van der Waals surface area contributed by atoms with Gasteiger partial charge in [0.1, 0.15) is 10.6 Å². The fourth-order valence-electron chi connectivity index (χ4n) is 7.10. The summed E-state index contributed by atoms with van der Waals surface area (Å²) in [5.41, 5.74) is 4.02. The lowest BCUT2D eigenvalue weighted by atomic mass is 9.63. The lowest BCUT2D eigenvalue weighted by molar-refractivity contribution is -0.119. The molecule has 1 aliphatic heterocycles. The van der Waals surface area contributed by atoms with Gasteiger partial charge in [0.15, 0.2) is 11.6 Å². The molecule has 1 heterocycles. The third-order valence-electron chi connectivity index (χ3n) is 9.07. The highest BCUT2D eigenvalue weighted by Gasteiger charge is 2.49. The van der Waals surface area contributed by atoms with Gasteiger partial charge in [0.2, 0.25) is 0 Å². The Balaban J connectivity index is 1.55. The van der Waals surface area contributed by atoms with Crippen LogP contribution in [-0.2, 0) is 26.1 Å². The normalized spacial score (nSPS) is 19.7. The van der Waals surface area contributed by atoms with E-state index in [9.17, 15) is 18.0 Å². The number of allylic oxidation sites excluding steroid dienone is 4. The number of hydrogen-bond donors (Lipinski definition) is 0. The fourth-order valence-corrected chi connectivity index (χ4v) is 8.56. The van der Waals surface area contributed by atoms with Gasteiger partial charge >= 0.3 is 10.1 Å². The maximum absolute atomic E-state index is 14.3. The average molecular weight is 723 g/mol. The van der Waals surface area contributed by atoms with E-state index in [0.717, 1.165) is 17.8 Å². The van der Waals surface area contributed by atoms with Crippen molar-refractivity contribution in [3.8, 4) is 5.75 Å². The molecule has 0 radical (unpaired) electrons. The zero-order valence-electron chi connectivity index (χ0n) is 26.4. The molecule has 0 bridgehead atoms. The summed E-state index contributed by atoms with van der Waals surface area (Å²) in [6, 6.07) is 21.0. The van der Waals surface area contributed by atoms with Crippen molar-refractivity contribution >= 4 is 49.2 Å². The number of benzene rings is 3. The molecular formula is C37H37BrClNO5S. The molecule has 240 valence electrons. The highest BCUT2D eigenvalue weighted by molar-refractivity contribution is 9.10. The Morgan fingerprint density at radius 1 is 0.826 bits per heavy atom. The van der Waals surface area contributed by atoms with Crippen LogP contribution in [0.4, 0.5) is 0 Å². The summed E-state index contributed by atoms with van der Waals surface area (Å²) in [5, 5.41) is 0.402. The SMILES string of the molecule is CC1(C)CC(=O)C2=C(C1)N(CCc1ccccc1)C1=C(C(=O)CC(C)(C)C1)C2c1cc(Br)ccc1OS(=O)(=O)c1ccc(Cl)cc1. The molecule has 0 N–H and O–H groups in total. The maximum atomic E-state index is 14.3. The molecule has 0 atom stereocenters. The smallest absolute Gasteiger partial charge is 0.339 e. The number of ketones is 2. The Bertz CT molecular complexity index is 1840.